The largest absolute Gasteiger partial charge is 0.372 e. The number of aryl methyl sites for hydroxylation is 2. The van der Waals surface area contributed by atoms with E-state index in [1.165, 1.54) is 6.20 Å². The van der Waals surface area contributed by atoms with Crippen molar-refractivity contribution >= 4 is 5.91 Å². The van der Waals surface area contributed by atoms with E-state index in [1.54, 1.807) is 19.2 Å². The zero-order valence-electron chi connectivity index (χ0n) is 14.1. The van der Waals surface area contributed by atoms with Gasteiger partial charge < -0.3 is 10.1 Å². The Morgan fingerprint density at radius 1 is 1.42 bits per heavy atom. The number of rotatable bonds is 5. The molecule has 1 fully saturated rings. The van der Waals surface area contributed by atoms with Gasteiger partial charge in [-0.05, 0) is 38.8 Å². The molecule has 128 valence electrons. The van der Waals surface area contributed by atoms with Crippen molar-refractivity contribution in [2.24, 2.45) is 5.92 Å². The predicted octanol–water partition coefficient (Wildman–Crippen LogP) is 1.90. The lowest BCUT2D eigenvalue weighted by atomic mass is 9.92. The summed E-state index contributed by atoms with van der Waals surface area (Å²) < 4.78 is 7.96. The molecular formula is C17H23N5O2. The van der Waals surface area contributed by atoms with Gasteiger partial charge in [-0.15, -0.1) is 0 Å². The maximum atomic E-state index is 12.4. The zero-order valence-corrected chi connectivity index (χ0v) is 14.1. The number of aromatic nitrogens is 4. The number of carbonyl (C=O) groups is 1. The van der Waals surface area contributed by atoms with Crippen molar-refractivity contribution in [3.63, 3.8) is 0 Å². The fraction of sp³-hybridized carbons (Fsp3) is 0.529. The molecule has 0 saturated carbocycles. The minimum Gasteiger partial charge on any atom is -0.372 e. The summed E-state index contributed by atoms with van der Waals surface area (Å²) in [7, 11) is 0. The highest BCUT2D eigenvalue weighted by atomic mass is 16.5. The Morgan fingerprint density at radius 3 is 3.08 bits per heavy atom. The molecule has 0 bridgehead atoms. The average Bonchev–Trinajstić information content (AvgIpc) is 3.09. The molecule has 7 heteroatoms. The average molecular weight is 329 g/mol. The van der Waals surface area contributed by atoms with Gasteiger partial charge in [-0.25, -0.2) is 0 Å². The molecule has 0 spiro atoms. The minimum absolute atomic E-state index is 0.0295. The molecule has 1 aliphatic heterocycles. The van der Waals surface area contributed by atoms with Crippen LogP contribution in [0.5, 0.6) is 0 Å². The second-order valence-electron chi connectivity index (χ2n) is 6.01. The van der Waals surface area contributed by atoms with E-state index in [1.807, 2.05) is 10.7 Å². The standard InChI is InChI=1S/C17H23N5O2/c1-3-22-15(7-9-20-22)16-13(5-4-10-24-16)11-18-17(23)14-6-8-19-21-12(14)2/h6-9,13,16H,3-5,10-11H2,1-2H3,(H,18,23)/t13-,16+/m0/s1. The number of hydrogen-bond acceptors (Lipinski definition) is 5. The number of ether oxygens (including phenoxy) is 1. The van der Waals surface area contributed by atoms with E-state index >= 15 is 0 Å². The summed E-state index contributed by atoms with van der Waals surface area (Å²) in [4.78, 5) is 12.4. The summed E-state index contributed by atoms with van der Waals surface area (Å²) in [5.41, 5.74) is 2.28. The van der Waals surface area contributed by atoms with Gasteiger partial charge in [-0.2, -0.15) is 15.3 Å². The fourth-order valence-corrected chi connectivity index (χ4v) is 3.19. The normalized spacial score (nSPS) is 20.8. The van der Waals surface area contributed by atoms with Gasteiger partial charge >= 0.3 is 0 Å². The molecule has 7 nitrogen and oxygen atoms in total. The molecule has 2 aromatic heterocycles. The van der Waals surface area contributed by atoms with Gasteiger partial charge in [-0.3, -0.25) is 9.48 Å². The maximum Gasteiger partial charge on any atom is 0.253 e. The Balaban J connectivity index is 1.68. The molecule has 3 heterocycles. The number of hydrogen-bond donors (Lipinski definition) is 1. The SMILES string of the molecule is CCn1nccc1[C@@H]1OCCC[C@H]1CNC(=O)c1ccnnc1C. The van der Waals surface area contributed by atoms with Crippen molar-refractivity contribution in [2.45, 2.75) is 39.3 Å². The molecule has 0 unspecified atom stereocenters. The molecule has 1 amide bonds. The van der Waals surface area contributed by atoms with Crippen molar-refractivity contribution in [3.8, 4) is 0 Å². The first kappa shape index (κ1) is 16.6. The van der Waals surface area contributed by atoms with Gasteiger partial charge in [0.2, 0.25) is 0 Å². The van der Waals surface area contributed by atoms with Crippen LogP contribution in [-0.2, 0) is 11.3 Å². The zero-order chi connectivity index (χ0) is 16.9. The van der Waals surface area contributed by atoms with Crippen LogP contribution in [0.3, 0.4) is 0 Å². The van der Waals surface area contributed by atoms with Crippen LogP contribution in [0.4, 0.5) is 0 Å². The van der Waals surface area contributed by atoms with E-state index in [0.717, 1.165) is 31.7 Å². The van der Waals surface area contributed by atoms with Crippen molar-refractivity contribution in [1.82, 2.24) is 25.3 Å². The Kier molecular flexibility index (Phi) is 5.20. The predicted molar refractivity (Wildman–Crippen MR) is 88.4 cm³/mol. The molecular weight excluding hydrogens is 306 g/mol. The number of amides is 1. The Hall–Kier alpha value is -2.28. The second kappa shape index (κ2) is 7.53. The van der Waals surface area contributed by atoms with Crippen molar-refractivity contribution in [1.29, 1.82) is 0 Å². The molecule has 1 aliphatic rings. The van der Waals surface area contributed by atoms with E-state index in [9.17, 15) is 4.79 Å². The van der Waals surface area contributed by atoms with Gasteiger partial charge in [0.15, 0.2) is 0 Å². The Bertz CT molecular complexity index is 700. The van der Waals surface area contributed by atoms with Crippen LogP contribution in [0.1, 0.15) is 47.6 Å². The van der Waals surface area contributed by atoms with Gasteiger partial charge in [0.05, 0.1) is 23.1 Å². The van der Waals surface area contributed by atoms with E-state index in [0.29, 0.717) is 17.8 Å². The molecule has 24 heavy (non-hydrogen) atoms. The van der Waals surface area contributed by atoms with E-state index < -0.39 is 0 Å². The van der Waals surface area contributed by atoms with Crippen LogP contribution < -0.4 is 5.32 Å². The number of nitrogens with zero attached hydrogens (tertiary/aromatic N) is 4. The quantitative estimate of drug-likeness (QED) is 0.906. The third-order valence-corrected chi connectivity index (χ3v) is 4.46. The highest BCUT2D eigenvalue weighted by molar-refractivity contribution is 5.94. The summed E-state index contributed by atoms with van der Waals surface area (Å²) in [5, 5.41) is 15.1. The second-order valence-corrected chi connectivity index (χ2v) is 6.01. The third kappa shape index (κ3) is 3.46. The van der Waals surface area contributed by atoms with Crippen LogP contribution in [0.25, 0.3) is 0 Å². The topological polar surface area (TPSA) is 81.9 Å². The van der Waals surface area contributed by atoms with Crippen molar-refractivity contribution in [3.05, 3.63) is 41.5 Å². The van der Waals surface area contributed by atoms with Crippen LogP contribution in [-0.4, -0.2) is 39.0 Å². The first-order valence-corrected chi connectivity index (χ1v) is 8.40. The van der Waals surface area contributed by atoms with E-state index in [-0.39, 0.29) is 17.9 Å². The summed E-state index contributed by atoms with van der Waals surface area (Å²) >= 11 is 0. The molecule has 0 aliphatic carbocycles. The fourth-order valence-electron chi connectivity index (χ4n) is 3.19. The first-order valence-electron chi connectivity index (χ1n) is 8.40. The minimum atomic E-state index is -0.115. The Labute approximate surface area is 141 Å². The number of carbonyl (C=O) groups excluding carboxylic acids is 1. The van der Waals surface area contributed by atoms with Crippen molar-refractivity contribution in [2.75, 3.05) is 13.2 Å². The molecule has 0 radical (unpaired) electrons. The first-order chi connectivity index (χ1) is 11.7. The summed E-state index contributed by atoms with van der Waals surface area (Å²) in [6.07, 6.45) is 5.34. The smallest absolute Gasteiger partial charge is 0.253 e. The monoisotopic (exact) mass is 329 g/mol. The lowest BCUT2D eigenvalue weighted by Crippen LogP contribution is -2.36. The summed E-state index contributed by atoms with van der Waals surface area (Å²) in [6.45, 7) is 5.98. The molecule has 0 aromatic carbocycles. The van der Waals surface area contributed by atoms with E-state index in [2.05, 4.69) is 27.5 Å². The summed E-state index contributed by atoms with van der Waals surface area (Å²) in [5.74, 6) is 0.121. The van der Waals surface area contributed by atoms with Gasteiger partial charge in [0, 0.05) is 31.8 Å². The highest BCUT2D eigenvalue weighted by Crippen LogP contribution is 2.33. The summed E-state index contributed by atoms with van der Waals surface area (Å²) in [6, 6.07) is 3.70. The molecule has 2 aromatic rings. The third-order valence-electron chi connectivity index (χ3n) is 4.46. The maximum absolute atomic E-state index is 12.4. The number of nitrogens with one attached hydrogen (secondary N) is 1. The molecule has 3 rings (SSSR count). The lowest BCUT2D eigenvalue weighted by molar-refractivity contribution is -0.0321. The van der Waals surface area contributed by atoms with Crippen molar-refractivity contribution < 1.29 is 9.53 Å². The van der Waals surface area contributed by atoms with Gasteiger partial charge in [-0.1, -0.05) is 0 Å². The molecule has 1 saturated heterocycles. The molecule has 2 atom stereocenters. The lowest BCUT2D eigenvalue weighted by Gasteiger charge is -2.32. The van der Waals surface area contributed by atoms with Crippen LogP contribution in [0, 0.1) is 12.8 Å². The highest BCUT2D eigenvalue weighted by Gasteiger charge is 2.30. The van der Waals surface area contributed by atoms with Crippen LogP contribution in [0.15, 0.2) is 24.5 Å². The van der Waals surface area contributed by atoms with Crippen LogP contribution in [0.2, 0.25) is 0 Å². The van der Waals surface area contributed by atoms with Gasteiger partial charge in [0.1, 0.15) is 6.10 Å². The Morgan fingerprint density at radius 2 is 2.29 bits per heavy atom. The van der Waals surface area contributed by atoms with Gasteiger partial charge in [0.25, 0.3) is 5.91 Å². The molecule has 1 N–H and O–H groups in total. The van der Waals surface area contributed by atoms with E-state index in [4.69, 9.17) is 4.74 Å². The van der Waals surface area contributed by atoms with Crippen LogP contribution >= 0.6 is 0 Å².